The molecule has 2 aromatic rings. The number of hydrogen-bond donors (Lipinski definition) is 3. The molecule has 1 saturated heterocycles. The first-order valence-corrected chi connectivity index (χ1v) is 9.79. The molecule has 0 aromatic heterocycles. The topological polar surface area (TPSA) is 68.8 Å². The van der Waals surface area contributed by atoms with E-state index in [-0.39, 0.29) is 6.03 Å². The average molecular weight is 380 g/mol. The molecule has 0 atom stereocenters. The van der Waals surface area contributed by atoms with Crippen LogP contribution in [0.25, 0.3) is 0 Å². The molecular weight excluding hydrogens is 350 g/mol. The standard InChI is InChI=1S/C22H29N5O/c1-17-7-5-8-18(13-17)15-24-21(23-2)25-16-19-9-6-10-20(14-19)26-22(28)27-11-3-4-12-27/h5-10,13-14H,3-4,11-12,15-16H2,1-2H3,(H,26,28)(H2,23,24,25). The van der Waals surface area contributed by atoms with Crippen molar-refractivity contribution in [3.05, 3.63) is 65.2 Å². The summed E-state index contributed by atoms with van der Waals surface area (Å²) in [5.74, 6) is 0.744. The molecule has 1 fully saturated rings. The summed E-state index contributed by atoms with van der Waals surface area (Å²) in [7, 11) is 1.76. The number of nitrogens with one attached hydrogen (secondary N) is 3. The first-order chi connectivity index (χ1) is 13.6. The average Bonchev–Trinajstić information content (AvgIpc) is 3.23. The summed E-state index contributed by atoms with van der Waals surface area (Å²) in [6.07, 6.45) is 2.18. The molecule has 2 aromatic carbocycles. The number of likely N-dealkylation sites (tertiary alicyclic amines) is 1. The zero-order chi connectivity index (χ0) is 19.8. The van der Waals surface area contributed by atoms with Crippen LogP contribution >= 0.6 is 0 Å². The van der Waals surface area contributed by atoms with Gasteiger partial charge in [0.05, 0.1) is 0 Å². The third kappa shape index (κ3) is 5.74. The van der Waals surface area contributed by atoms with Crippen LogP contribution in [0.4, 0.5) is 10.5 Å². The van der Waals surface area contributed by atoms with E-state index in [1.54, 1.807) is 7.05 Å². The highest BCUT2D eigenvalue weighted by atomic mass is 16.2. The summed E-state index contributed by atoms with van der Waals surface area (Å²) in [6.45, 7) is 5.12. The Bertz CT molecular complexity index is 827. The fourth-order valence-corrected chi connectivity index (χ4v) is 3.30. The second kappa shape index (κ2) is 9.78. The van der Waals surface area contributed by atoms with Crippen molar-refractivity contribution < 1.29 is 4.79 Å². The molecule has 0 aliphatic carbocycles. The normalized spacial score (nSPS) is 14.1. The second-order valence-electron chi connectivity index (χ2n) is 7.09. The number of aliphatic imine (C=N–C) groups is 1. The number of aryl methyl sites for hydroxylation is 1. The lowest BCUT2D eigenvalue weighted by atomic mass is 10.1. The molecule has 0 spiro atoms. The number of anilines is 1. The number of benzene rings is 2. The van der Waals surface area contributed by atoms with Crippen molar-refractivity contribution in [2.75, 3.05) is 25.5 Å². The molecule has 1 aliphatic heterocycles. The van der Waals surface area contributed by atoms with E-state index in [1.165, 1.54) is 11.1 Å². The quantitative estimate of drug-likeness (QED) is 0.550. The molecule has 6 heteroatoms. The minimum atomic E-state index is -0.0155. The van der Waals surface area contributed by atoms with Gasteiger partial charge in [0.1, 0.15) is 0 Å². The molecule has 6 nitrogen and oxygen atoms in total. The van der Waals surface area contributed by atoms with Gasteiger partial charge in [-0.3, -0.25) is 4.99 Å². The second-order valence-corrected chi connectivity index (χ2v) is 7.09. The van der Waals surface area contributed by atoms with Crippen LogP contribution in [0.2, 0.25) is 0 Å². The molecule has 1 aliphatic rings. The van der Waals surface area contributed by atoms with Gasteiger partial charge >= 0.3 is 6.03 Å². The van der Waals surface area contributed by atoms with Gasteiger partial charge in [-0.15, -0.1) is 0 Å². The van der Waals surface area contributed by atoms with Crippen LogP contribution in [0.1, 0.15) is 29.5 Å². The zero-order valence-corrected chi connectivity index (χ0v) is 16.7. The zero-order valence-electron chi connectivity index (χ0n) is 16.7. The van der Waals surface area contributed by atoms with Crippen molar-refractivity contribution in [2.45, 2.75) is 32.9 Å². The van der Waals surface area contributed by atoms with E-state index in [1.807, 2.05) is 29.2 Å². The highest BCUT2D eigenvalue weighted by Crippen LogP contribution is 2.14. The summed E-state index contributed by atoms with van der Waals surface area (Å²) in [5, 5.41) is 9.64. The lowest BCUT2D eigenvalue weighted by Crippen LogP contribution is -2.36. The summed E-state index contributed by atoms with van der Waals surface area (Å²) >= 11 is 0. The Hall–Kier alpha value is -3.02. The minimum absolute atomic E-state index is 0.0155. The van der Waals surface area contributed by atoms with Crippen molar-refractivity contribution in [3.63, 3.8) is 0 Å². The van der Waals surface area contributed by atoms with Crippen LogP contribution in [0.5, 0.6) is 0 Å². The van der Waals surface area contributed by atoms with Crippen LogP contribution in [-0.2, 0) is 13.1 Å². The van der Waals surface area contributed by atoms with E-state index in [4.69, 9.17) is 0 Å². The molecule has 148 valence electrons. The molecule has 3 N–H and O–H groups in total. The Morgan fingerprint density at radius 1 is 1.00 bits per heavy atom. The number of hydrogen-bond acceptors (Lipinski definition) is 2. The summed E-state index contributed by atoms with van der Waals surface area (Å²) < 4.78 is 0. The number of carbonyl (C=O) groups is 1. The van der Waals surface area contributed by atoms with Gasteiger partial charge in [-0.05, 0) is 43.0 Å². The van der Waals surface area contributed by atoms with Crippen molar-refractivity contribution in [1.29, 1.82) is 0 Å². The molecule has 0 bridgehead atoms. The summed E-state index contributed by atoms with van der Waals surface area (Å²) in [4.78, 5) is 18.4. The van der Waals surface area contributed by atoms with Gasteiger partial charge in [-0.25, -0.2) is 4.79 Å². The van der Waals surface area contributed by atoms with Gasteiger partial charge < -0.3 is 20.9 Å². The molecule has 0 unspecified atom stereocenters. The first-order valence-electron chi connectivity index (χ1n) is 9.79. The van der Waals surface area contributed by atoms with Crippen molar-refractivity contribution >= 4 is 17.7 Å². The fraction of sp³-hybridized carbons (Fsp3) is 0.364. The third-order valence-electron chi connectivity index (χ3n) is 4.80. The predicted molar refractivity (Wildman–Crippen MR) is 114 cm³/mol. The van der Waals surface area contributed by atoms with Crippen molar-refractivity contribution in [1.82, 2.24) is 15.5 Å². The predicted octanol–water partition coefficient (Wildman–Crippen LogP) is 3.49. The monoisotopic (exact) mass is 379 g/mol. The molecule has 0 radical (unpaired) electrons. The summed E-state index contributed by atoms with van der Waals surface area (Å²) in [5.41, 5.74) is 4.36. The highest BCUT2D eigenvalue weighted by Gasteiger charge is 2.17. The number of nitrogens with zero attached hydrogens (tertiary/aromatic N) is 2. The number of urea groups is 1. The number of guanidine groups is 1. The maximum Gasteiger partial charge on any atom is 0.321 e. The molecule has 1 heterocycles. The smallest absolute Gasteiger partial charge is 0.321 e. The van der Waals surface area contributed by atoms with E-state index in [0.717, 1.165) is 43.1 Å². The van der Waals surface area contributed by atoms with E-state index in [2.05, 4.69) is 52.1 Å². The van der Waals surface area contributed by atoms with Gasteiger partial charge in [0.2, 0.25) is 0 Å². The molecule has 3 rings (SSSR count). The van der Waals surface area contributed by atoms with Crippen molar-refractivity contribution in [3.8, 4) is 0 Å². The van der Waals surface area contributed by atoms with Gasteiger partial charge in [-0.2, -0.15) is 0 Å². The highest BCUT2D eigenvalue weighted by molar-refractivity contribution is 5.89. The van der Waals surface area contributed by atoms with Crippen LogP contribution in [0.3, 0.4) is 0 Å². The van der Waals surface area contributed by atoms with E-state index in [9.17, 15) is 4.79 Å². The van der Waals surface area contributed by atoms with Crippen molar-refractivity contribution in [2.24, 2.45) is 4.99 Å². The van der Waals surface area contributed by atoms with Crippen LogP contribution in [0.15, 0.2) is 53.5 Å². The van der Waals surface area contributed by atoms with E-state index in [0.29, 0.717) is 13.1 Å². The van der Waals surface area contributed by atoms with Gasteiger partial charge in [0.15, 0.2) is 5.96 Å². The van der Waals surface area contributed by atoms with Crippen LogP contribution < -0.4 is 16.0 Å². The van der Waals surface area contributed by atoms with E-state index >= 15 is 0 Å². The van der Waals surface area contributed by atoms with Gasteiger partial charge in [0.25, 0.3) is 0 Å². The molecule has 0 saturated carbocycles. The van der Waals surface area contributed by atoms with Crippen LogP contribution in [0, 0.1) is 6.92 Å². The Balaban J connectivity index is 1.50. The van der Waals surface area contributed by atoms with Gasteiger partial charge in [-0.1, -0.05) is 42.0 Å². The maximum absolute atomic E-state index is 12.3. The number of carbonyl (C=O) groups excluding carboxylic acids is 1. The van der Waals surface area contributed by atoms with E-state index < -0.39 is 0 Å². The fourth-order valence-electron chi connectivity index (χ4n) is 3.30. The van der Waals surface area contributed by atoms with Crippen LogP contribution in [-0.4, -0.2) is 37.0 Å². The third-order valence-corrected chi connectivity index (χ3v) is 4.80. The number of rotatable bonds is 5. The first kappa shape index (κ1) is 19.7. The summed E-state index contributed by atoms with van der Waals surface area (Å²) in [6, 6.07) is 16.3. The molecule has 2 amide bonds. The number of amides is 2. The Labute approximate surface area is 167 Å². The lowest BCUT2D eigenvalue weighted by molar-refractivity contribution is 0.222. The largest absolute Gasteiger partial charge is 0.352 e. The Morgan fingerprint density at radius 3 is 2.29 bits per heavy atom. The Morgan fingerprint density at radius 2 is 1.64 bits per heavy atom. The minimum Gasteiger partial charge on any atom is -0.352 e. The molecule has 28 heavy (non-hydrogen) atoms. The molecular formula is C22H29N5O. The maximum atomic E-state index is 12.3. The lowest BCUT2D eigenvalue weighted by Gasteiger charge is -2.17. The van der Waals surface area contributed by atoms with Gasteiger partial charge in [0, 0.05) is 38.9 Å². The Kier molecular flexibility index (Phi) is 6.89. The SMILES string of the molecule is CN=C(NCc1cccc(C)c1)NCc1cccc(NC(=O)N2CCCC2)c1.